The van der Waals surface area contributed by atoms with E-state index in [1.807, 2.05) is 0 Å². The summed E-state index contributed by atoms with van der Waals surface area (Å²) in [5, 5.41) is 3.46. The van der Waals surface area contributed by atoms with Gasteiger partial charge in [-0.1, -0.05) is 6.92 Å². The topological polar surface area (TPSA) is 15.3 Å². The van der Waals surface area contributed by atoms with Gasteiger partial charge in [0.05, 0.1) is 6.17 Å². The minimum atomic E-state index is 0.638. The maximum atomic E-state index is 3.46. The van der Waals surface area contributed by atoms with E-state index in [9.17, 15) is 0 Å². The minimum absolute atomic E-state index is 0.638. The van der Waals surface area contributed by atoms with Gasteiger partial charge in [-0.2, -0.15) is 0 Å². The van der Waals surface area contributed by atoms with Crippen LogP contribution in [0.3, 0.4) is 0 Å². The molecule has 0 spiro atoms. The SMILES string of the molecule is CNC1C2CC(C)CC(C2)CN1C. The van der Waals surface area contributed by atoms with Crippen LogP contribution in [0.15, 0.2) is 0 Å². The third-order valence-corrected chi connectivity index (χ3v) is 3.84. The maximum Gasteiger partial charge on any atom is 0.0621 e. The summed E-state index contributed by atoms with van der Waals surface area (Å²) in [6.07, 6.45) is 4.98. The number of piperidine rings is 1. The van der Waals surface area contributed by atoms with Gasteiger partial charge >= 0.3 is 0 Å². The van der Waals surface area contributed by atoms with Crippen LogP contribution in [-0.2, 0) is 0 Å². The number of hydrogen-bond donors (Lipinski definition) is 1. The molecule has 2 heteroatoms. The number of fused-ring (bicyclic) bond motifs is 2. The number of hydrogen-bond acceptors (Lipinski definition) is 2. The molecule has 2 nitrogen and oxygen atoms in total. The molecule has 13 heavy (non-hydrogen) atoms. The summed E-state index contributed by atoms with van der Waals surface area (Å²) in [6, 6.07) is 0. The Morgan fingerprint density at radius 2 is 2.00 bits per heavy atom. The van der Waals surface area contributed by atoms with Gasteiger partial charge in [-0.3, -0.25) is 4.90 Å². The Hall–Kier alpha value is -0.0800. The van der Waals surface area contributed by atoms with Crippen LogP contribution in [0.25, 0.3) is 0 Å². The molecule has 2 aliphatic rings. The first-order chi connectivity index (χ1) is 6.20. The Labute approximate surface area is 81.7 Å². The zero-order valence-corrected chi connectivity index (χ0v) is 9.09. The van der Waals surface area contributed by atoms with Crippen LogP contribution in [0, 0.1) is 17.8 Å². The molecular formula is C11H22N2. The van der Waals surface area contributed by atoms with Crippen molar-refractivity contribution in [3.05, 3.63) is 0 Å². The maximum absolute atomic E-state index is 3.46. The Bertz CT molecular complexity index is 177. The fraction of sp³-hybridized carbons (Fsp3) is 1.00. The Kier molecular flexibility index (Phi) is 2.61. The van der Waals surface area contributed by atoms with E-state index in [-0.39, 0.29) is 0 Å². The summed E-state index contributed by atoms with van der Waals surface area (Å²) in [4.78, 5) is 2.50. The second-order valence-electron chi connectivity index (χ2n) is 5.11. The molecule has 0 aromatic heterocycles. The highest BCUT2D eigenvalue weighted by Crippen LogP contribution is 2.39. The van der Waals surface area contributed by atoms with E-state index >= 15 is 0 Å². The smallest absolute Gasteiger partial charge is 0.0621 e. The van der Waals surface area contributed by atoms with E-state index in [1.54, 1.807) is 0 Å². The summed E-state index contributed by atoms with van der Waals surface area (Å²) >= 11 is 0. The molecule has 1 heterocycles. The third-order valence-electron chi connectivity index (χ3n) is 3.84. The van der Waals surface area contributed by atoms with Crippen LogP contribution in [-0.4, -0.2) is 31.7 Å². The first kappa shape index (κ1) is 9.47. The first-order valence-electron chi connectivity index (χ1n) is 5.58. The molecule has 1 N–H and O–H groups in total. The summed E-state index contributed by atoms with van der Waals surface area (Å²) in [7, 11) is 4.36. The zero-order valence-electron chi connectivity index (χ0n) is 9.09. The van der Waals surface area contributed by atoms with Gasteiger partial charge in [-0.05, 0) is 51.1 Å². The Morgan fingerprint density at radius 3 is 2.69 bits per heavy atom. The predicted molar refractivity (Wildman–Crippen MR) is 55.5 cm³/mol. The average molecular weight is 182 g/mol. The molecule has 1 saturated carbocycles. The fourth-order valence-electron chi connectivity index (χ4n) is 3.55. The molecule has 1 saturated heterocycles. The van der Waals surface area contributed by atoms with E-state index in [1.165, 1.54) is 25.8 Å². The van der Waals surface area contributed by atoms with Crippen molar-refractivity contribution in [3.63, 3.8) is 0 Å². The van der Waals surface area contributed by atoms with Gasteiger partial charge in [-0.15, -0.1) is 0 Å². The van der Waals surface area contributed by atoms with Gasteiger partial charge in [0.15, 0.2) is 0 Å². The van der Waals surface area contributed by atoms with Crippen LogP contribution >= 0.6 is 0 Å². The lowest BCUT2D eigenvalue weighted by Gasteiger charge is -2.47. The molecule has 1 aliphatic heterocycles. The van der Waals surface area contributed by atoms with Gasteiger partial charge in [0.1, 0.15) is 0 Å². The number of rotatable bonds is 1. The van der Waals surface area contributed by atoms with Crippen molar-refractivity contribution in [2.75, 3.05) is 20.6 Å². The highest BCUT2D eigenvalue weighted by atomic mass is 15.3. The van der Waals surface area contributed by atoms with E-state index in [0.29, 0.717) is 6.17 Å². The highest BCUT2D eigenvalue weighted by molar-refractivity contribution is 4.89. The quantitative estimate of drug-likeness (QED) is 0.661. The first-order valence-corrected chi connectivity index (χ1v) is 5.58. The largest absolute Gasteiger partial charge is 0.305 e. The molecular weight excluding hydrogens is 160 g/mol. The minimum Gasteiger partial charge on any atom is -0.305 e. The number of likely N-dealkylation sites (tertiary alicyclic amines) is 1. The Morgan fingerprint density at radius 1 is 1.23 bits per heavy atom. The predicted octanol–water partition coefficient (Wildman–Crippen LogP) is 1.53. The van der Waals surface area contributed by atoms with Gasteiger partial charge in [0.25, 0.3) is 0 Å². The van der Waals surface area contributed by atoms with E-state index in [0.717, 1.165) is 17.8 Å². The monoisotopic (exact) mass is 182 g/mol. The van der Waals surface area contributed by atoms with Gasteiger partial charge in [0, 0.05) is 6.54 Å². The fourth-order valence-corrected chi connectivity index (χ4v) is 3.55. The van der Waals surface area contributed by atoms with Crippen molar-refractivity contribution in [2.45, 2.75) is 32.4 Å². The second-order valence-corrected chi connectivity index (χ2v) is 5.11. The molecule has 2 rings (SSSR count). The molecule has 4 unspecified atom stereocenters. The summed E-state index contributed by atoms with van der Waals surface area (Å²) < 4.78 is 0. The van der Waals surface area contributed by atoms with Crippen molar-refractivity contribution in [1.29, 1.82) is 0 Å². The molecule has 0 amide bonds. The van der Waals surface area contributed by atoms with Crippen LogP contribution < -0.4 is 5.32 Å². The van der Waals surface area contributed by atoms with E-state index < -0.39 is 0 Å². The van der Waals surface area contributed by atoms with Crippen LogP contribution in [0.5, 0.6) is 0 Å². The standard InChI is InChI=1S/C11H22N2/c1-8-4-9-6-10(5-8)11(12-2)13(3)7-9/h8-12H,4-7H2,1-3H3. The van der Waals surface area contributed by atoms with Crippen LogP contribution in [0.4, 0.5) is 0 Å². The van der Waals surface area contributed by atoms with Crippen LogP contribution in [0.2, 0.25) is 0 Å². The van der Waals surface area contributed by atoms with Gasteiger partial charge < -0.3 is 5.32 Å². The Balaban J connectivity index is 2.07. The van der Waals surface area contributed by atoms with Crippen LogP contribution in [0.1, 0.15) is 26.2 Å². The van der Waals surface area contributed by atoms with Crippen molar-refractivity contribution in [3.8, 4) is 0 Å². The molecule has 4 atom stereocenters. The van der Waals surface area contributed by atoms with Crippen molar-refractivity contribution >= 4 is 0 Å². The summed E-state index contributed by atoms with van der Waals surface area (Å²) in [6.45, 7) is 3.71. The third kappa shape index (κ3) is 1.75. The molecule has 0 aromatic carbocycles. The van der Waals surface area contributed by atoms with E-state index in [4.69, 9.17) is 0 Å². The lowest BCUT2D eigenvalue weighted by atomic mass is 9.71. The average Bonchev–Trinajstić information content (AvgIpc) is 2.02. The molecule has 2 fully saturated rings. The lowest BCUT2D eigenvalue weighted by molar-refractivity contribution is 0.0113. The second kappa shape index (κ2) is 3.58. The molecule has 76 valence electrons. The van der Waals surface area contributed by atoms with Crippen molar-refractivity contribution < 1.29 is 0 Å². The lowest BCUT2D eigenvalue weighted by Crippen LogP contribution is -2.55. The number of nitrogens with zero attached hydrogens (tertiary/aromatic N) is 1. The number of nitrogens with one attached hydrogen (secondary N) is 1. The summed E-state index contributed by atoms with van der Waals surface area (Å²) in [5.74, 6) is 2.83. The molecule has 1 aliphatic carbocycles. The zero-order chi connectivity index (χ0) is 9.42. The molecule has 2 bridgehead atoms. The summed E-state index contributed by atoms with van der Waals surface area (Å²) in [5.41, 5.74) is 0. The van der Waals surface area contributed by atoms with Crippen molar-refractivity contribution in [1.82, 2.24) is 10.2 Å². The highest BCUT2D eigenvalue weighted by Gasteiger charge is 2.37. The normalized spacial score (nSPS) is 46.4. The van der Waals surface area contributed by atoms with E-state index in [2.05, 4.69) is 31.2 Å². The molecule has 0 radical (unpaired) electrons. The van der Waals surface area contributed by atoms with Gasteiger partial charge in [0.2, 0.25) is 0 Å². The van der Waals surface area contributed by atoms with Crippen molar-refractivity contribution in [2.24, 2.45) is 17.8 Å². The molecule has 0 aromatic rings. The van der Waals surface area contributed by atoms with Gasteiger partial charge in [-0.25, -0.2) is 0 Å².